The summed E-state index contributed by atoms with van der Waals surface area (Å²) in [6, 6.07) is 8.25. The summed E-state index contributed by atoms with van der Waals surface area (Å²) >= 11 is 0. The summed E-state index contributed by atoms with van der Waals surface area (Å²) in [5.41, 5.74) is 1.81. The fraction of sp³-hybridized carbons (Fsp3) is 0.417. The SMILES string of the molecule is CNC(=O)c1ccc(NC2CCC2)cc1. The summed E-state index contributed by atoms with van der Waals surface area (Å²) in [7, 11) is 1.64. The molecule has 1 aromatic carbocycles. The van der Waals surface area contributed by atoms with Crippen molar-refractivity contribution in [3.05, 3.63) is 29.8 Å². The molecule has 0 radical (unpaired) electrons. The smallest absolute Gasteiger partial charge is 0.251 e. The van der Waals surface area contributed by atoms with E-state index in [0.717, 1.165) is 5.69 Å². The third kappa shape index (κ3) is 2.29. The number of nitrogens with one attached hydrogen (secondary N) is 2. The standard InChI is InChI=1S/C12H16N2O/c1-13-12(15)9-5-7-11(8-6-9)14-10-3-2-4-10/h5-8,10,14H,2-4H2,1H3,(H,13,15). The predicted molar refractivity (Wildman–Crippen MR) is 61.1 cm³/mol. The van der Waals surface area contributed by atoms with Crippen LogP contribution < -0.4 is 10.6 Å². The second kappa shape index (κ2) is 4.34. The molecular weight excluding hydrogens is 188 g/mol. The van der Waals surface area contributed by atoms with Gasteiger partial charge in [-0.15, -0.1) is 0 Å². The van der Waals surface area contributed by atoms with E-state index in [1.807, 2.05) is 24.3 Å². The minimum absolute atomic E-state index is 0.0369. The van der Waals surface area contributed by atoms with E-state index in [2.05, 4.69) is 10.6 Å². The lowest BCUT2D eigenvalue weighted by Gasteiger charge is -2.27. The number of amides is 1. The molecule has 3 heteroatoms. The molecule has 2 N–H and O–H groups in total. The van der Waals surface area contributed by atoms with Gasteiger partial charge in [-0.1, -0.05) is 0 Å². The molecule has 1 saturated carbocycles. The Balaban J connectivity index is 1.99. The highest BCUT2D eigenvalue weighted by atomic mass is 16.1. The molecule has 1 fully saturated rings. The maximum atomic E-state index is 11.3. The Morgan fingerprint density at radius 3 is 2.40 bits per heavy atom. The second-order valence-electron chi connectivity index (χ2n) is 3.93. The van der Waals surface area contributed by atoms with E-state index in [1.54, 1.807) is 7.05 Å². The topological polar surface area (TPSA) is 41.1 Å². The first-order valence-electron chi connectivity index (χ1n) is 5.38. The summed E-state index contributed by atoms with van der Waals surface area (Å²) in [4.78, 5) is 11.3. The molecule has 2 rings (SSSR count). The van der Waals surface area contributed by atoms with Gasteiger partial charge in [0, 0.05) is 24.3 Å². The number of benzene rings is 1. The van der Waals surface area contributed by atoms with Crippen molar-refractivity contribution in [2.24, 2.45) is 0 Å². The van der Waals surface area contributed by atoms with Crippen LogP contribution in [0.5, 0.6) is 0 Å². The van der Waals surface area contributed by atoms with Gasteiger partial charge in [0.2, 0.25) is 0 Å². The van der Waals surface area contributed by atoms with E-state index in [1.165, 1.54) is 19.3 Å². The molecule has 0 bridgehead atoms. The zero-order valence-electron chi connectivity index (χ0n) is 8.92. The van der Waals surface area contributed by atoms with Gasteiger partial charge in [-0.05, 0) is 43.5 Å². The first-order valence-corrected chi connectivity index (χ1v) is 5.38. The highest BCUT2D eigenvalue weighted by Gasteiger charge is 2.16. The Hall–Kier alpha value is -1.51. The Morgan fingerprint density at radius 1 is 1.27 bits per heavy atom. The first-order chi connectivity index (χ1) is 7.29. The van der Waals surface area contributed by atoms with E-state index >= 15 is 0 Å². The Bertz CT molecular complexity index is 341. The maximum absolute atomic E-state index is 11.3. The van der Waals surface area contributed by atoms with Gasteiger partial charge in [-0.2, -0.15) is 0 Å². The fourth-order valence-electron chi connectivity index (χ4n) is 1.65. The molecule has 0 unspecified atom stereocenters. The maximum Gasteiger partial charge on any atom is 0.251 e. The molecular formula is C12H16N2O. The van der Waals surface area contributed by atoms with Gasteiger partial charge in [0.05, 0.1) is 0 Å². The molecule has 1 amide bonds. The van der Waals surface area contributed by atoms with Gasteiger partial charge in [-0.25, -0.2) is 0 Å². The van der Waals surface area contributed by atoms with Crippen molar-refractivity contribution in [3.8, 4) is 0 Å². The molecule has 0 heterocycles. The lowest BCUT2D eigenvalue weighted by atomic mass is 9.93. The summed E-state index contributed by atoms with van der Waals surface area (Å²) in [6.07, 6.45) is 3.85. The third-order valence-corrected chi connectivity index (χ3v) is 2.85. The second-order valence-corrected chi connectivity index (χ2v) is 3.93. The van der Waals surface area contributed by atoms with Crippen molar-refractivity contribution < 1.29 is 4.79 Å². The average Bonchev–Trinajstić information content (AvgIpc) is 2.23. The molecule has 0 aromatic heterocycles. The summed E-state index contributed by atoms with van der Waals surface area (Å²) < 4.78 is 0. The van der Waals surface area contributed by atoms with E-state index < -0.39 is 0 Å². The van der Waals surface area contributed by atoms with E-state index in [0.29, 0.717) is 11.6 Å². The predicted octanol–water partition coefficient (Wildman–Crippen LogP) is 2.01. The quantitative estimate of drug-likeness (QED) is 0.790. The molecule has 0 aliphatic heterocycles. The van der Waals surface area contributed by atoms with Gasteiger partial charge < -0.3 is 10.6 Å². The van der Waals surface area contributed by atoms with Gasteiger partial charge >= 0.3 is 0 Å². The normalized spacial score (nSPS) is 15.5. The highest BCUT2D eigenvalue weighted by molar-refractivity contribution is 5.94. The molecule has 3 nitrogen and oxygen atoms in total. The first kappa shape index (κ1) is 10.0. The zero-order valence-corrected chi connectivity index (χ0v) is 8.92. The highest BCUT2D eigenvalue weighted by Crippen LogP contribution is 2.23. The zero-order chi connectivity index (χ0) is 10.7. The largest absolute Gasteiger partial charge is 0.382 e. The van der Waals surface area contributed by atoms with Gasteiger partial charge in [-0.3, -0.25) is 4.79 Å². The molecule has 1 aromatic rings. The number of hydrogen-bond acceptors (Lipinski definition) is 2. The number of hydrogen-bond donors (Lipinski definition) is 2. The van der Waals surface area contributed by atoms with Gasteiger partial charge in [0.25, 0.3) is 5.91 Å². The number of anilines is 1. The van der Waals surface area contributed by atoms with Crippen molar-refractivity contribution in [1.29, 1.82) is 0 Å². The average molecular weight is 204 g/mol. The minimum atomic E-state index is -0.0369. The Labute approximate surface area is 89.9 Å². The third-order valence-electron chi connectivity index (χ3n) is 2.85. The van der Waals surface area contributed by atoms with Crippen LogP contribution in [0.15, 0.2) is 24.3 Å². The van der Waals surface area contributed by atoms with Crippen LogP contribution in [0.2, 0.25) is 0 Å². The lowest BCUT2D eigenvalue weighted by Crippen LogP contribution is -2.27. The number of carbonyl (C=O) groups excluding carboxylic acids is 1. The van der Waals surface area contributed by atoms with E-state index in [4.69, 9.17) is 0 Å². The van der Waals surface area contributed by atoms with Gasteiger partial charge in [0.1, 0.15) is 0 Å². The monoisotopic (exact) mass is 204 g/mol. The van der Waals surface area contributed by atoms with Gasteiger partial charge in [0.15, 0.2) is 0 Å². The fourth-order valence-corrected chi connectivity index (χ4v) is 1.65. The van der Waals surface area contributed by atoms with Crippen LogP contribution >= 0.6 is 0 Å². The van der Waals surface area contributed by atoms with Crippen molar-refractivity contribution in [2.75, 3.05) is 12.4 Å². The molecule has 15 heavy (non-hydrogen) atoms. The molecule has 1 aliphatic carbocycles. The summed E-state index contributed by atoms with van der Waals surface area (Å²) in [5, 5.41) is 6.04. The molecule has 0 spiro atoms. The Kier molecular flexibility index (Phi) is 2.90. The van der Waals surface area contributed by atoms with Crippen molar-refractivity contribution >= 4 is 11.6 Å². The van der Waals surface area contributed by atoms with Crippen LogP contribution in [0, 0.1) is 0 Å². The number of rotatable bonds is 3. The molecule has 0 atom stereocenters. The molecule has 1 aliphatic rings. The number of carbonyl (C=O) groups is 1. The molecule has 80 valence electrons. The van der Waals surface area contributed by atoms with Crippen molar-refractivity contribution in [1.82, 2.24) is 5.32 Å². The van der Waals surface area contributed by atoms with Crippen LogP contribution in [0.3, 0.4) is 0 Å². The molecule has 0 saturated heterocycles. The van der Waals surface area contributed by atoms with Crippen LogP contribution in [-0.4, -0.2) is 19.0 Å². The minimum Gasteiger partial charge on any atom is -0.382 e. The van der Waals surface area contributed by atoms with Crippen LogP contribution in [0.4, 0.5) is 5.69 Å². The van der Waals surface area contributed by atoms with Crippen molar-refractivity contribution in [2.45, 2.75) is 25.3 Å². The van der Waals surface area contributed by atoms with Crippen LogP contribution in [0.1, 0.15) is 29.6 Å². The van der Waals surface area contributed by atoms with Crippen LogP contribution in [-0.2, 0) is 0 Å². The van der Waals surface area contributed by atoms with Crippen LogP contribution in [0.25, 0.3) is 0 Å². The van der Waals surface area contributed by atoms with Crippen molar-refractivity contribution in [3.63, 3.8) is 0 Å². The van der Waals surface area contributed by atoms with E-state index in [9.17, 15) is 4.79 Å². The summed E-state index contributed by atoms with van der Waals surface area (Å²) in [6.45, 7) is 0. The van der Waals surface area contributed by atoms with E-state index in [-0.39, 0.29) is 5.91 Å². The summed E-state index contributed by atoms with van der Waals surface area (Å²) in [5.74, 6) is -0.0369. The lowest BCUT2D eigenvalue weighted by molar-refractivity contribution is 0.0963. The Morgan fingerprint density at radius 2 is 1.93 bits per heavy atom.